The van der Waals surface area contributed by atoms with E-state index in [0.29, 0.717) is 13.1 Å². The summed E-state index contributed by atoms with van der Waals surface area (Å²) in [7, 11) is 0. The van der Waals surface area contributed by atoms with Crippen LogP contribution in [0.2, 0.25) is 0 Å². The van der Waals surface area contributed by atoms with Gasteiger partial charge >= 0.3 is 0 Å². The van der Waals surface area contributed by atoms with Gasteiger partial charge in [-0.1, -0.05) is 24.3 Å². The number of phenolic OH excluding ortho intramolecular Hbond substituents is 1. The van der Waals surface area contributed by atoms with Gasteiger partial charge in [0.1, 0.15) is 5.75 Å². The summed E-state index contributed by atoms with van der Waals surface area (Å²) >= 11 is 0. The summed E-state index contributed by atoms with van der Waals surface area (Å²) in [6.45, 7) is 0.956. The number of benzene rings is 1. The van der Waals surface area contributed by atoms with Gasteiger partial charge in [-0.3, -0.25) is 4.79 Å². The Labute approximate surface area is 94.8 Å². The van der Waals surface area contributed by atoms with E-state index in [0.717, 1.165) is 5.56 Å². The molecule has 0 heterocycles. The maximum absolute atomic E-state index is 11.4. The molecule has 1 amide bonds. The summed E-state index contributed by atoms with van der Waals surface area (Å²) in [5.41, 5.74) is 6.05. The lowest BCUT2D eigenvalue weighted by Crippen LogP contribution is -2.25. The van der Waals surface area contributed by atoms with Crippen LogP contribution in [0, 0.1) is 0 Å². The summed E-state index contributed by atoms with van der Waals surface area (Å²) in [6, 6.07) is 6.67. The molecule has 4 heteroatoms. The zero-order valence-corrected chi connectivity index (χ0v) is 9.02. The van der Waals surface area contributed by atoms with Crippen molar-refractivity contribution < 1.29 is 9.90 Å². The highest BCUT2D eigenvalue weighted by Gasteiger charge is 2.02. The average Bonchev–Trinajstić information content (AvgIpc) is 2.24. The fourth-order valence-corrected chi connectivity index (χ4v) is 1.27. The third-order valence-electron chi connectivity index (χ3n) is 2.00. The molecule has 86 valence electrons. The van der Waals surface area contributed by atoms with Crippen molar-refractivity contribution in [1.29, 1.82) is 0 Å². The second-order valence-corrected chi connectivity index (χ2v) is 3.36. The van der Waals surface area contributed by atoms with Crippen LogP contribution in [0.25, 0.3) is 0 Å². The second-order valence-electron chi connectivity index (χ2n) is 3.36. The van der Waals surface area contributed by atoms with E-state index in [1.807, 2.05) is 0 Å². The predicted octanol–water partition coefficient (Wildman–Crippen LogP) is 0.566. The third-order valence-corrected chi connectivity index (χ3v) is 2.00. The van der Waals surface area contributed by atoms with Gasteiger partial charge in [0.25, 0.3) is 0 Å². The van der Waals surface area contributed by atoms with E-state index in [9.17, 15) is 9.90 Å². The van der Waals surface area contributed by atoms with Crippen LogP contribution in [-0.4, -0.2) is 24.1 Å². The van der Waals surface area contributed by atoms with Gasteiger partial charge in [-0.15, -0.1) is 0 Å². The fourth-order valence-electron chi connectivity index (χ4n) is 1.27. The van der Waals surface area contributed by atoms with Crippen LogP contribution < -0.4 is 11.1 Å². The molecule has 16 heavy (non-hydrogen) atoms. The Kier molecular flexibility index (Phi) is 5.08. The van der Waals surface area contributed by atoms with E-state index in [1.54, 1.807) is 36.4 Å². The van der Waals surface area contributed by atoms with E-state index in [-0.39, 0.29) is 18.1 Å². The Hall–Kier alpha value is -1.81. The maximum Gasteiger partial charge on any atom is 0.224 e. The summed E-state index contributed by atoms with van der Waals surface area (Å²) in [4.78, 5) is 11.4. The van der Waals surface area contributed by atoms with Crippen molar-refractivity contribution in [2.75, 3.05) is 13.1 Å². The smallest absolute Gasteiger partial charge is 0.224 e. The first-order valence-corrected chi connectivity index (χ1v) is 5.12. The summed E-state index contributed by atoms with van der Waals surface area (Å²) < 4.78 is 0. The van der Waals surface area contributed by atoms with Gasteiger partial charge in [0, 0.05) is 13.1 Å². The SMILES string of the molecule is NC/C=C/CNC(=O)Cc1cccc(O)c1. The molecule has 0 fully saturated rings. The number of amides is 1. The molecule has 0 aliphatic heterocycles. The molecule has 0 radical (unpaired) electrons. The molecule has 0 saturated heterocycles. The number of rotatable bonds is 5. The van der Waals surface area contributed by atoms with Gasteiger partial charge in [0.15, 0.2) is 0 Å². The maximum atomic E-state index is 11.4. The molecule has 0 saturated carbocycles. The molecule has 4 nitrogen and oxygen atoms in total. The number of nitrogens with two attached hydrogens (primary N) is 1. The second kappa shape index (κ2) is 6.63. The van der Waals surface area contributed by atoms with Crippen molar-refractivity contribution in [1.82, 2.24) is 5.32 Å². The van der Waals surface area contributed by atoms with Gasteiger partial charge in [-0.25, -0.2) is 0 Å². The standard InChI is InChI=1S/C12H16N2O2/c13-6-1-2-7-14-12(16)9-10-4-3-5-11(15)8-10/h1-5,8,15H,6-7,9,13H2,(H,14,16)/b2-1+. The summed E-state index contributed by atoms with van der Waals surface area (Å²) in [6.07, 6.45) is 3.86. The van der Waals surface area contributed by atoms with Crippen LogP contribution in [0.1, 0.15) is 5.56 Å². The number of nitrogens with one attached hydrogen (secondary N) is 1. The van der Waals surface area contributed by atoms with Gasteiger partial charge in [0.2, 0.25) is 5.91 Å². The molecule has 0 bridgehead atoms. The Balaban J connectivity index is 2.37. The van der Waals surface area contributed by atoms with Gasteiger partial charge in [0.05, 0.1) is 6.42 Å². The first-order valence-electron chi connectivity index (χ1n) is 5.12. The zero-order chi connectivity index (χ0) is 11.8. The molecule has 0 unspecified atom stereocenters. The number of hydrogen-bond donors (Lipinski definition) is 3. The van der Waals surface area contributed by atoms with E-state index < -0.39 is 0 Å². The average molecular weight is 220 g/mol. The molecular weight excluding hydrogens is 204 g/mol. The Bertz CT molecular complexity index is 375. The van der Waals surface area contributed by atoms with Crippen LogP contribution in [-0.2, 0) is 11.2 Å². The molecule has 4 N–H and O–H groups in total. The number of carbonyl (C=O) groups excluding carboxylic acids is 1. The van der Waals surface area contributed by atoms with Crippen molar-refractivity contribution in [2.45, 2.75) is 6.42 Å². The van der Waals surface area contributed by atoms with Crippen molar-refractivity contribution in [3.63, 3.8) is 0 Å². The third kappa shape index (κ3) is 4.61. The molecular formula is C12H16N2O2. The minimum Gasteiger partial charge on any atom is -0.508 e. The first-order chi connectivity index (χ1) is 7.72. The van der Waals surface area contributed by atoms with Gasteiger partial charge < -0.3 is 16.2 Å². The first kappa shape index (κ1) is 12.3. The molecule has 1 aromatic carbocycles. The van der Waals surface area contributed by atoms with Crippen molar-refractivity contribution in [3.05, 3.63) is 42.0 Å². The lowest BCUT2D eigenvalue weighted by atomic mass is 10.1. The lowest BCUT2D eigenvalue weighted by Gasteiger charge is -2.02. The topological polar surface area (TPSA) is 75.3 Å². The van der Waals surface area contributed by atoms with E-state index in [1.165, 1.54) is 0 Å². The Morgan fingerprint density at radius 2 is 2.25 bits per heavy atom. The Morgan fingerprint density at radius 1 is 1.44 bits per heavy atom. The number of hydrogen-bond acceptors (Lipinski definition) is 3. The van der Waals surface area contributed by atoms with Crippen LogP contribution in [0.15, 0.2) is 36.4 Å². The summed E-state index contributed by atoms with van der Waals surface area (Å²) in [5.74, 6) is 0.0978. The minimum absolute atomic E-state index is 0.0766. The Morgan fingerprint density at radius 3 is 2.94 bits per heavy atom. The molecule has 0 aliphatic carbocycles. The number of phenols is 1. The summed E-state index contributed by atoms with van der Waals surface area (Å²) in [5, 5.41) is 11.9. The zero-order valence-electron chi connectivity index (χ0n) is 9.02. The molecule has 0 aromatic heterocycles. The quantitative estimate of drug-likeness (QED) is 0.635. The molecule has 0 spiro atoms. The predicted molar refractivity (Wildman–Crippen MR) is 63.0 cm³/mol. The molecule has 0 aliphatic rings. The van der Waals surface area contributed by atoms with E-state index in [2.05, 4.69) is 5.32 Å². The molecule has 1 rings (SSSR count). The fraction of sp³-hybridized carbons (Fsp3) is 0.250. The van der Waals surface area contributed by atoms with Crippen LogP contribution in [0.4, 0.5) is 0 Å². The monoisotopic (exact) mass is 220 g/mol. The largest absolute Gasteiger partial charge is 0.508 e. The molecule has 0 atom stereocenters. The van der Waals surface area contributed by atoms with Crippen molar-refractivity contribution >= 4 is 5.91 Å². The lowest BCUT2D eigenvalue weighted by molar-refractivity contribution is -0.120. The molecule has 1 aromatic rings. The highest BCUT2D eigenvalue weighted by atomic mass is 16.3. The highest BCUT2D eigenvalue weighted by molar-refractivity contribution is 5.78. The highest BCUT2D eigenvalue weighted by Crippen LogP contribution is 2.10. The van der Waals surface area contributed by atoms with Crippen LogP contribution in [0.5, 0.6) is 5.75 Å². The number of aromatic hydroxyl groups is 1. The van der Waals surface area contributed by atoms with Crippen molar-refractivity contribution in [2.24, 2.45) is 5.73 Å². The van der Waals surface area contributed by atoms with E-state index in [4.69, 9.17) is 5.73 Å². The van der Waals surface area contributed by atoms with Gasteiger partial charge in [-0.05, 0) is 17.7 Å². The minimum atomic E-state index is -0.0766. The normalized spacial score (nSPS) is 10.6. The van der Waals surface area contributed by atoms with E-state index >= 15 is 0 Å². The van der Waals surface area contributed by atoms with Crippen molar-refractivity contribution in [3.8, 4) is 5.75 Å². The number of carbonyl (C=O) groups is 1. The van der Waals surface area contributed by atoms with Gasteiger partial charge in [-0.2, -0.15) is 0 Å². The van der Waals surface area contributed by atoms with Crippen LogP contribution >= 0.6 is 0 Å². The van der Waals surface area contributed by atoms with Crippen LogP contribution in [0.3, 0.4) is 0 Å².